The van der Waals surface area contributed by atoms with E-state index in [0.29, 0.717) is 60.2 Å². The number of hydrogen-bond donors (Lipinski definition) is 0. The number of aromatic nitrogens is 2. The minimum Gasteiger partial charge on any atom is -0.497 e. The standard InChI is InChI=1S/C23H24Cl2N4O4/c1-15(32-20-8-5-17(24)13-19(20)25)23(30)29-11-9-28(10-12-29)14-21-26-22(27-33-21)16-3-6-18(31-2)7-4-16/h3-8,13,15H,9-12,14H2,1-2H3. The van der Waals surface area contributed by atoms with Gasteiger partial charge in [-0.1, -0.05) is 28.4 Å². The third-order valence-corrected chi connectivity index (χ3v) is 5.94. The fourth-order valence-electron chi connectivity index (χ4n) is 3.56. The maximum Gasteiger partial charge on any atom is 0.263 e. The summed E-state index contributed by atoms with van der Waals surface area (Å²) in [4.78, 5) is 21.3. The summed E-state index contributed by atoms with van der Waals surface area (Å²) in [6, 6.07) is 12.4. The number of rotatable bonds is 7. The zero-order valence-corrected chi connectivity index (χ0v) is 19.8. The summed E-state index contributed by atoms with van der Waals surface area (Å²) >= 11 is 12.1. The third-order valence-electron chi connectivity index (χ3n) is 5.40. The molecule has 2 heterocycles. The van der Waals surface area contributed by atoms with Crippen LogP contribution in [0.5, 0.6) is 11.5 Å². The first kappa shape index (κ1) is 23.4. The quantitative estimate of drug-likeness (QED) is 0.491. The lowest BCUT2D eigenvalue weighted by atomic mass is 10.2. The number of carbonyl (C=O) groups is 1. The second-order valence-electron chi connectivity index (χ2n) is 7.68. The molecule has 10 heteroatoms. The predicted molar refractivity (Wildman–Crippen MR) is 125 cm³/mol. The molecule has 0 spiro atoms. The Balaban J connectivity index is 1.28. The van der Waals surface area contributed by atoms with Gasteiger partial charge < -0.3 is 18.9 Å². The Morgan fingerprint density at radius 1 is 1.12 bits per heavy atom. The van der Waals surface area contributed by atoms with Crippen molar-refractivity contribution in [1.29, 1.82) is 0 Å². The lowest BCUT2D eigenvalue weighted by Gasteiger charge is -2.35. The number of hydrogen-bond acceptors (Lipinski definition) is 7. The Morgan fingerprint density at radius 2 is 1.85 bits per heavy atom. The molecule has 3 aromatic rings. The van der Waals surface area contributed by atoms with Gasteiger partial charge in [-0.15, -0.1) is 0 Å². The van der Waals surface area contributed by atoms with Crippen LogP contribution >= 0.6 is 23.2 Å². The van der Waals surface area contributed by atoms with E-state index in [-0.39, 0.29) is 5.91 Å². The van der Waals surface area contributed by atoms with Crippen LogP contribution < -0.4 is 9.47 Å². The highest BCUT2D eigenvalue weighted by atomic mass is 35.5. The number of piperazine rings is 1. The zero-order chi connectivity index (χ0) is 23.4. The van der Waals surface area contributed by atoms with Gasteiger partial charge in [-0.3, -0.25) is 9.69 Å². The SMILES string of the molecule is COc1ccc(-c2noc(CN3CCN(C(=O)C(C)Oc4ccc(Cl)cc4Cl)CC3)n2)cc1. The normalized spacial score (nSPS) is 15.3. The molecule has 0 radical (unpaired) electrons. The second-order valence-corrected chi connectivity index (χ2v) is 8.52. The molecule has 0 bridgehead atoms. The Morgan fingerprint density at radius 3 is 2.52 bits per heavy atom. The molecule has 1 unspecified atom stereocenters. The zero-order valence-electron chi connectivity index (χ0n) is 18.3. The second kappa shape index (κ2) is 10.4. The number of carbonyl (C=O) groups excluding carboxylic acids is 1. The Bertz CT molecular complexity index is 1100. The third kappa shape index (κ3) is 5.76. The fraction of sp³-hybridized carbons (Fsp3) is 0.348. The van der Waals surface area contributed by atoms with E-state index >= 15 is 0 Å². The number of amides is 1. The summed E-state index contributed by atoms with van der Waals surface area (Å²) in [6.07, 6.45) is -0.654. The van der Waals surface area contributed by atoms with Gasteiger partial charge >= 0.3 is 0 Å². The lowest BCUT2D eigenvalue weighted by Crippen LogP contribution is -2.51. The van der Waals surface area contributed by atoms with Crippen molar-refractivity contribution < 1.29 is 18.8 Å². The summed E-state index contributed by atoms with van der Waals surface area (Å²) in [5, 5.41) is 4.96. The summed E-state index contributed by atoms with van der Waals surface area (Å²) in [6.45, 7) is 4.80. The first-order valence-electron chi connectivity index (χ1n) is 10.5. The molecule has 4 rings (SSSR count). The van der Waals surface area contributed by atoms with Gasteiger partial charge in [0, 0.05) is 36.8 Å². The van der Waals surface area contributed by atoms with Crippen LogP contribution in [0.1, 0.15) is 12.8 Å². The topological polar surface area (TPSA) is 80.9 Å². The average molecular weight is 491 g/mol. The summed E-state index contributed by atoms with van der Waals surface area (Å²) in [5.41, 5.74) is 0.857. The number of halogens is 2. The molecule has 1 fully saturated rings. The maximum atomic E-state index is 12.8. The molecule has 1 aliphatic rings. The highest BCUT2D eigenvalue weighted by Crippen LogP contribution is 2.28. The van der Waals surface area contributed by atoms with E-state index in [0.717, 1.165) is 11.3 Å². The van der Waals surface area contributed by atoms with E-state index in [1.54, 1.807) is 37.1 Å². The molecule has 1 aromatic heterocycles. The first-order chi connectivity index (χ1) is 15.9. The largest absolute Gasteiger partial charge is 0.497 e. The summed E-state index contributed by atoms with van der Waals surface area (Å²) in [5.74, 6) is 2.19. The van der Waals surface area contributed by atoms with Crippen LogP contribution in [0.3, 0.4) is 0 Å². The van der Waals surface area contributed by atoms with Crippen molar-refractivity contribution in [3.63, 3.8) is 0 Å². The average Bonchev–Trinajstić information content (AvgIpc) is 3.29. The van der Waals surface area contributed by atoms with Crippen LogP contribution in [-0.4, -0.2) is 65.2 Å². The van der Waals surface area contributed by atoms with Crippen LogP contribution in [0.25, 0.3) is 11.4 Å². The molecular formula is C23H24Cl2N4O4. The molecule has 33 heavy (non-hydrogen) atoms. The van der Waals surface area contributed by atoms with E-state index < -0.39 is 6.10 Å². The monoisotopic (exact) mass is 490 g/mol. The van der Waals surface area contributed by atoms with E-state index in [2.05, 4.69) is 15.0 Å². The van der Waals surface area contributed by atoms with Gasteiger partial charge in [0.15, 0.2) is 6.10 Å². The molecule has 0 N–H and O–H groups in total. The first-order valence-corrected chi connectivity index (χ1v) is 11.3. The van der Waals surface area contributed by atoms with Crippen LogP contribution in [0.4, 0.5) is 0 Å². The molecule has 8 nitrogen and oxygen atoms in total. The van der Waals surface area contributed by atoms with Crippen molar-refractivity contribution in [3.8, 4) is 22.9 Å². The lowest BCUT2D eigenvalue weighted by molar-refractivity contribution is -0.139. The molecule has 1 aliphatic heterocycles. The van der Waals surface area contributed by atoms with Crippen LogP contribution in [0, 0.1) is 0 Å². The van der Waals surface area contributed by atoms with E-state index in [1.807, 2.05) is 24.3 Å². The van der Waals surface area contributed by atoms with E-state index in [4.69, 9.17) is 37.2 Å². The highest BCUT2D eigenvalue weighted by molar-refractivity contribution is 6.35. The van der Waals surface area contributed by atoms with Gasteiger partial charge in [-0.25, -0.2) is 0 Å². The number of benzene rings is 2. The molecule has 0 aliphatic carbocycles. The van der Waals surface area contributed by atoms with Gasteiger partial charge in [0.25, 0.3) is 5.91 Å². The molecule has 1 atom stereocenters. The molecule has 1 amide bonds. The number of nitrogens with zero attached hydrogens (tertiary/aromatic N) is 4. The number of methoxy groups -OCH3 is 1. The van der Waals surface area contributed by atoms with E-state index in [1.165, 1.54) is 0 Å². The van der Waals surface area contributed by atoms with Gasteiger partial charge in [0.05, 0.1) is 18.7 Å². The van der Waals surface area contributed by atoms with Crippen molar-refractivity contribution in [2.75, 3.05) is 33.3 Å². The highest BCUT2D eigenvalue weighted by Gasteiger charge is 2.27. The minimum atomic E-state index is -0.654. The molecule has 174 valence electrons. The van der Waals surface area contributed by atoms with Crippen molar-refractivity contribution in [2.24, 2.45) is 0 Å². The Hall–Kier alpha value is -2.81. The maximum absolute atomic E-state index is 12.8. The minimum absolute atomic E-state index is 0.0831. The van der Waals surface area contributed by atoms with Crippen molar-refractivity contribution in [3.05, 3.63) is 58.4 Å². The van der Waals surface area contributed by atoms with Crippen LogP contribution in [0.15, 0.2) is 47.0 Å². The van der Waals surface area contributed by atoms with Crippen molar-refractivity contribution >= 4 is 29.1 Å². The summed E-state index contributed by atoms with van der Waals surface area (Å²) < 4.78 is 16.4. The van der Waals surface area contributed by atoms with Gasteiger partial charge in [-0.2, -0.15) is 4.98 Å². The van der Waals surface area contributed by atoms with Gasteiger partial charge in [0.2, 0.25) is 11.7 Å². The smallest absolute Gasteiger partial charge is 0.263 e. The molecule has 0 saturated carbocycles. The van der Waals surface area contributed by atoms with Crippen molar-refractivity contribution in [2.45, 2.75) is 19.6 Å². The number of ether oxygens (including phenoxy) is 2. The van der Waals surface area contributed by atoms with Gasteiger partial charge in [-0.05, 0) is 49.4 Å². The molecule has 2 aromatic carbocycles. The summed E-state index contributed by atoms with van der Waals surface area (Å²) in [7, 11) is 1.62. The molecular weight excluding hydrogens is 467 g/mol. The Kier molecular flexibility index (Phi) is 7.37. The predicted octanol–water partition coefficient (Wildman–Crippen LogP) is 4.16. The van der Waals surface area contributed by atoms with Crippen LogP contribution in [0.2, 0.25) is 10.0 Å². The fourth-order valence-corrected chi connectivity index (χ4v) is 4.02. The van der Waals surface area contributed by atoms with Crippen LogP contribution in [-0.2, 0) is 11.3 Å². The van der Waals surface area contributed by atoms with Crippen molar-refractivity contribution in [1.82, 2.24) is 19.9 Å². The van der Waals surface area contributed by atoms with Gasteiger partial charge in [0.1, 0.15) is 11.5 Å². The van der Waals surface area contributed by atoms with E-state index in [9.17, 15) is 4.79 Å². The molecule has 1 saturated heterocycles. The Labute approximate surface area is 202 Å².